The monoisotopic (exact) mass is 132 g/mol. The van der Waals surface area contributed by atoms with Crippen LogP contribution in [0.5, 0.6) is 0 Å². The zero-order valence-electron chi connectivity index (χ0n) is 6.09. The molecule has 0 unspecified atom stereocenters. The highest BCUT2D eigenvalue weighted by Crippen LogP contribution is 2.10. The minimum Gasteiger partial charge on any atom is -0.103 e. The molecule has 0 atom stereocenters. The van der Waals surface area contributed by atoms with Gasteiger partial charge in [0.25, 0.3) is 0 Å². The van der Waals surface area contributed by atoms with Crippen LogP contribution in [-0.4, -0.2) is 0 Å². The normalized spacial score (nSPS) is 16.2. The fraction of sp³-hybridized carbons (Fsp3) is 0.200. The lowest BCUT2D eigenvalue weighted by molar-refractivity contribution is 1.12. The van der Waals surface area contributed by atoms with E-state index in [4.69, 9.17) is 0 Å². The van der Waals surface area contributed by atoms with E-state index in [-0.39, 0.29) is 0 Å². The summed E-state index contributed by atoms with van der Waals surface area (Å²) in [5.41, 5.74) is 1.43. The van der Waals surface area contributed by atoms with Gasteiger partial charge in [0.05, 0.1) is 0 Å². The highest BCUT2D eigenvalue weighted by atomic mass is 14.0. The van der Waals surface area contributed by atoms with Gasteiger partial charge in [-0.05, 0) is 12.8 Å². The van der Waals surface area contributed by atoms with Crippen molar-refractivity contribution in [1.29, 1.82) is 0 Å². The summed E-state index contributed by atoms with van der Waals surface area (Å²) in [5.74, 6) is 0. The Morgan fingerprint density at radius 2 is 2.30 bits per heavy atom. The van der Waals surface area contributed by atoms with E-state index >= 15 is 0 Å². The van der Waals surface area contributed by atoms with Crippen molar-refractivity contribution in [3.63, 3.8) is 0 Å². The van der Waals surface area contributed by atoms with Crippen molar-refractivity contribution in [2.24, 2.45) is 0 Å². The second kappa shape index (κ2) is 3.89. The van der Waals surface area contributed by atoms with Crippen LogP contribution in [0.3, 0.4) is 0 Å². The van der Waals surface area contributed by atoms with Gasteiger partial charge in [0.15, 0.2) is 0 Å². The summed E-state index contributed by atoms with van der Waals surface area (Å²) in [6.45, 7) is 3.70. The lowest BCUT2D eigenvalue weighted by Gasteiger charge is -1.95. The van der Waals surface area contributed by atoms with Crippen LogP contribution in [0.4, 0.5) is 0 Å². The van der Waals surface area contributed by atoms with E-state index < -0.39 is 0 Å². The van der Waals surface area contributed by atoms with Crippen LogP contribution >= 0.6 is 0 Å². The van der Waals surface area contributed by atoms with Gasteiger partial charge in [-0.15, -0.1) is 6.58 Å². The van der Waals surface area contributed by atoms with E-state index in [0.717, 1.165) is 12.8 Å². The Hall–Kier alpha value is -1.04. The summed E-state index contributed by atoms with van der Waals surface area (Å²) in [7, 11) is 0. The van der Waals surface area contributed by atoms with Gasteiger partial charge in [-0.2, -0.15) is 0 Å². The summed E-state index contributed by atoms with van der Waals surface area (Å²) >= 11 is 0. The Morgan fingerprint density at radius 3 is 3.10 bits per heavy atom. The maximum Gasteiger partial charge on any atom is -0.0129 e. The molecule has 1 rings (SSSR count). The van der Waals surface area contributed by atoms with Crippen molar-refractivity contribution in [3.8, 4) is 0 Å². The average Bonchev–Trinajstić information content (AvgIpc) is 2.17. The highest BCUT2D eigenvalue weighted by Gasteiger charge is 1.90. The topological polar surface area (TPSA) is 0 Å². The Balaban J connectivity index is 2.58. The van der Waals surface area contributed by atoms with Gasteiger partial charge in [-0.3, -0.25) is 0 Å². The second-order valence-electron chi connectivity index (χ2n) is 2.33. The molecule has 52 valence electrons. The van der Waals surface area contributed by atoms with Crippen LogP contribution in [0, 0.1) is 0 Å². The van der Waals surface area contributed by atoms with Crippen LogP contribution in [0.25, 0.3) is 0 Å². The van der Waals surface area contributed by atoms with Gasteiger partial charge in [-0.1, -0.05) is 42.0 Å². The highest BCUT2D eigenvalue weighted by molar-refractivity contribution is 5.24. The standard InChI is InChI=1S/C10H12/c1-2-7-10-8-5-3-4-6-9-10/h2-6,8H,1,7,9H2. The molecule has 0 aromatic rings. The lowest BCUT2D eigenvalue weighted by atomic mass is 10.1. The molecule has 0 amide bonds. The number of hydrogen-bond acceptors (Lipinski definition) is 0. The van der Waals surface area contributed by atoms with E-state index in [1.807, 2.05) is 6.08 Å². The maximum absolute atomic E-state index is 3.70. The summed E-state index contributed by atoms with van der Waals surface area (Å²) in [6, 6.07) is 0. The van der Waals surface area contributed by atoms with E-state index in [9.17, 15) is 0 Å². The molecule has 0 aromatic carbocycles. The molecule has 0 nitrogen and oxygen atoms in total. The summed E-state index contributed by atoms with van der Waals surface area (Å²) < 4.78 is 0. The van der Waals surface area contributed by atoms with Crippen molar-refractivity contribution < 1.29 is 0 Å². The van der Waals surface area contributed by atoms with Crippen LogP contribution in [0.2, 0.25) is 0 Å². The lowest BCUT2D eigenvalue weighted by Crippen LogP contribution is -1.75. The Morgan fingerprint density at radius 1 is 1.40 bits per heavy atom. The molecule has 0 saturated carbocycles. The molecular formula is C10H12. The minimum absolute atomic E-state index is 1.01. The molecule has 1 aliphatic carbocycles. The van der Waals surface area contributed by atoms with Crippen molar-refractivity contribution in [2.45, 2.75) is 12.8 Å². The molecule has 0 N–H and O–H groups in total. The molecule has 0 saturated heterocycles. The smallest absolute Gasteiger partial charge is 0.0129 e. The van der Waals surface area contributed by atoms with Gasteiger partial charge < -0.3 is 0 Å². The molecule has 0 heterocycles. The first-order chi connectivity index (χ1) is 4.93. The fourth-order valence-corrected chi connectivity index (χ4v) is 0.959. The molecule has 0 fully saturated rings. The van der Waals surface area contributed by atoms with Gasteiger partial charge in [-0.25, -0.2) is 0 Å². The molecule has 1 aliphatic rings. The molecule has 0 heteroatoms. The zero-order chi connectivity index (χ0) is 7.23. The zero-order valence-corrected chi connectivity index (χ0v) is 6.09. The van der Waals surface area contributed by atoms with E-state index in [1.54, 1.807) is 0 Å². The Kier molecular flexibility index (Phi) is 2.75. The van der Waals surface area contributed by atoms with Crippen molar-refractivity contribution in [2.75, 3.05) is 0 Å². The quantitative estimate of drug-likeness (QED) is 0.507. The van der Waals surface area contributed by atoms with E-state index in [1.165, 1.54) is 5.57 Å². The molecule has 0 aromatic heterocycles. The summed E-state index contributed by atoms with van der Waals surface area (Å²) in [5, 5.41) is 0. The van der Waals surface area contributed by atoms with Crippen LogP contribution in [0.15, 0.2) is 48.6 Å². The predicted octanol–water partition coefficient (Wildman–Crippen LogP) is 3.01. The molecule has 0 radical (unpaired) electrons. The minimum atomic E-state index is 1.01. The Labute approximate surface area is 62.3 Å². The fourth-order valence-electron chi connectivity index (χ4n) is 0.959. The largest absolute Gasteiger partial charge is 0.103 e. The van der Waals surface area contributed by atoms with E-state index in [2.05, 4.69) is 37.0 Å². The summed E-state index contributed by atoms with van der Waals surface area (Å²) in [4.78, 5) is 0. The first-order valence-corrected chi connectivity index (χ1v) is 3.55. The maximum atomic E-state index is 3.70. The van der Waals surface area contributed by atoms with Crippen LogP contribution < -0.4 is 0 Å². The number of hydrogen-bond donors (Lipinski definition) is 0. The third-order valence-electron chi connectivity index (χ3n) is 1.48. The molecular weight excluding hydrogens is 120 g/mol. The van der Waals surface area contributed by atoms with Gasteiger partial charge in [0.2, 0.25) is 0 Å². The van der Waals surface area contributed by atoms with Gasteiger partial charge >= 0.3 is 0 Å². The van der Waals surface area contributed by atoms with Crippen molar-refractivity contribution in [3.05, 3.63) is 48.6 Å². The first-order valence-electron chi connectivity index (χ1n) is 3.55. The van der Waals surface area contributed by atoms with Crippen LogP contribution in [0.1, 0.15) is 12.8 Å². The van der Waals surface area contributed by atoms with Crippen molar-refractivity contribution >= 4 is 0 Å². The third-order valence-corrected chi connectivity index (χ3v) is 1.48. The SMILES string of the molecule is C=CCC1=CC=CC=CC1. The second-order valence-corrected chi connectivity index (χ2v) is 2.33. The number of allylic oxidation sites excluding steroid dienone is 7. The van der Waals surface area contributed by atoms with Crippen molar-refractivity contribution in [1.82, 2.24) is 0 Å². The van der Waals surface area contributed by atoms with E-state index in [0.29, 0.717) is 0 Å². The molecule has 0 bridgehead atoms. The summed E-state index contributed by atoms with van der Waals surface area (Å²) in [6.07, 6.45) is 14.5. The third kappa shape index (κ3) is 2.06. The molecule has 0 spiro atoms. The van der Waals surface area contributed by atoms with Gasteiger partial charge in [0, 0.05) is 0 Å². The predicted molar refractivity (Wildman–Crippen MR) is 45.8 cm³/mol. The Bertz CT molecular complexity index is 192. The molecule has 0 aliphatic heterocycles. The average molecular weight is 132 g/mol. The first kappa shape index (κ1) is 7.07. The van der Waals surface area contributed by atoms with Crippen LogP contribution in [-0.2, 0) is 0 Å². The van der Waals surface area contributed by atoms with Gasteiger partial charge in [0.1, 0.15) is 0 Å². The number of rotatable bonds is 2. The molecule has 10 heavy (non-hydrogen) atoms.